The first-order chi connectivity index (χ1) is 9.47. The first-order valence-electron chi connectivity index (χ1n) is 6.23. The van der Waals surface area contributed by atoms with Gasteiger partial charge in [-0.05, 0) is 31.4 Å². The van der Waals surface area contributed by atoms with Crippen molar-refractivity contribution < 1.29 is 24.3 Å². The van der Waals surface area contributed by atoms with Crippen molar-refractivity contribution >= 4 is 11.7 Å². The SMILES string of the molecule is Cc1cc([N+](=O)[O-])ccc1OCC1CCC(C(=O)O)O1. The van der Waals surface area contributed by atoms with E-state index in [2.05, 4.69) is 0 Å². The standard InChI is InChI=1S/C13H15NO6/c1-8-6-9(14(17)18)2-4-11(8)19-7-10-3-5-12(20-10)13(15)16/h2,4,6,10,12H,3,5,7H2,1H3,(H,15,16). The van der Waals surface area contributed by atoms with E-state index < -0.39 is 17.0 Å². The number of non-ortho nitro benzene ring substituents is 1. The molecule has 1 fully saturated rings. The molecular formula is C13H15NO6. The molecule has 2 unspecified atom stereocenters. The molecule has 2 atom stereocenters. The Morgan fingerprint density at radius 1 is 1.55 bits per heavy atom. The minimum Gasteiger partial charge on any atom is -0.491 e. The van der Waals surface area contributed by atoms with E-state index in [-0.39, 0.29) is 18.4 Å². The van der Waals surface area contributed by atoms with E-state index in [1.807, 2.05) is 0 Å². The van der Waals surface area contributed by atoms with Crippen LogP contribution in [-0.2, 0) is 9.53 Å². The number of carboxylic acid groups (broad SMARTS) is 1. The second kappa shape index (κ2) is 5.87. The highest BCUT2D eigenvalue weighted by Gasteiger charge is 2.30. The Kier molecular flexibility index (Phi) is 4.19. The van der Waals surface area contributed by atoms with E-state index in [0.29, 0.717) is 24.2 Å². The van der Waals surface area contributed by atoms with Crippen LogP contribution in [0.5, 0.6) is 5.75 Å². The molecule has 0 aromatic heterocycles. The fraction of sp³-hybridized carbons (Fsp3) is 0.462. The molecular weight excluding hydrogens is 266 g/mol. The van der Waals surface area contributed by atoms with Crippen LogP contribution >= 0.6 is 0 Å². The first kappa shape index (κ1) is 14.3. The molecule has 7 heteroatoms. The third kappa shape index (κ3) is 3.24. The minimum absolute atomic E-state index is 0.0120. The largest absolute Gasteiger partial charge is 0.491 e. The number of aryl methyl sites for hydroxylation is 1. The number of hydrogen-bond donors (Lipinski definition) is 1. The van der Waals surface area contributed by atoms with Crippen molar-refractivity contribution in [3.8, 4) is 5.75 Å². The number of hydrogen-bond acceptors (Lipinski definition) is 5. The molecule has 1 N–H and O–H groups in total. The summed E-state index contributed by atoms with van der Waals surface area (Å²) in [6, 6.07) is 4.35. The quantitative estimate of drug-likeness (QED) is 0.653. The lowest BCUT2D eigenvalue weighted by Crippen LogP contribution is -2.23. The molecule has 0 radical (unpaired) electrons. The van der Waals surface area contributed by atoms with Gasteiger partial charge >= 0.3 is 5.97 Å². The van der Waals surface area contributed by atoms with E-state index >= 15 is 0 Å². The fourth-order valence-corrected chi connectivity index (χ4v) is 2.10. The number of carbonyl (C=O) groups is 1. The van der Waals surface area contributed by atoms with Gasteiger partial charge in [0.15, 0.2) is 6.10 Å². The van der Waals surface area contributed by atoms with Crippen LogP contribution in [0.25, 0.3) is 0 Å². The van der Waals surface area contributed by atoms with Gasteiger partial charge in [0.25, 0.3) is 5.69 Å². The van der Waals surface area contributed by atoms with Crippen molar-refractivity contribution in [2.24, 2.45) is 0 Å². The molecule has 0 amide bonds. The molecule has 1 saturated heterocycles. The molecule has 1 aromatic carbocycles. The van der Waals surface area contributed by atoms with Crippen LogP contribution in [0.3, 0.4) is 0 Å². The van der Waals surface area contributed by atoms with E-state index in [9.17, 15) is 14.9 Å². The number of carboxylic acids is 1. The first-order valence-corrected chi connectivity index (χ1v) is 6.23. The molecule has 0 aliphatic carbocycles. The predicted molar refractivity (Wildman–Crippen MR) is 68.9 cm³/mol. The van der Waals surface area contributed by atoms with Crippen LogP contribution in [0, 0.1) is 17.0 Å². The lowest BCUT2D eigenvalue weighted by atomic mass is 10.2. The van der Waals surface area contributed by atoms with Crippen molar-refractivity contribution in [2.45, 2.75) is 32.0 Å². The van der Waals surface area contributed by atoms with Gasteiger partial charge in [0.05, 0.1) is 11.0 Å². The molecule has 7 nitrogen and oxygen atoms in total. The smallest absolute Gasteiger partial charge is 0.332 e. The molecule has 108 valence electrons. The van der Waals surface area contributed by atoms with Crippen LogP contribution in [0.1, 0.15) is 18.4 Å². The van der Waals surface area contributed by atoms with Crippen molar-refractivity contribution in [2.75, 3.05) is 6.61 Å². The predicted octanol–water partition coefficient (Wildman–Crippen LogP) is 1.91. The van der Waals surface area contributed by atoms with Crippen molar-refractivity contribution in [1.29, 1.82) is 0 Å². The Morgan fingerprint density at radius 2 is 2.30 bits per heavy atom. The number of rotatable bonds is 5. The van der Waals surface area contributed by atoms with Crippen molar-refractivity contribution in [3.63, 3.8) is 0 Å². The molecule has 1 aliphatic heterocycles. The van der Waals surface area contributed by atoms with Gasteiger partial charge in [-0.2, -0.15) is 0 Å². The summed E-state index contributed by atoms with van der Waals surface area (Å²) in [4.78, 5) is 20.9. The Bertz CT molecular complexity index is 530. The van der Waals surface area contributed by atoms with Gasteiger partial charge < -0.3 is 14.6 Å². The van der Waals surface area contributed by atoms with Crippen molar-refractivity contribution in [3.05, 3.63) is 33.9 Å². The second-order valence-corrected chi connectivity index (χ2v) is 4.68. The number of aliphatic carboxylic acids is 1. The lowest BCUT2D eigenvalue weighted by Gasteiger charge is -2.14. The Balaban J connectivity index is 1.92. The number of nitrogens with zero attached hydrogens (tertiary/aromatic N) is 1. The molecule has 1 heterocycles. The fourth-order valence-electron chi connectivity index (χ4n) is 2.10. The average molecular weight is 281 g/mol. The summed E-state index contributed by atoms with van der Waals surface area (Å²) in [5.74, 6) is -0.419. The van der Waals surface area contributed by atoms with Crippen LogP contribution < -0.4 is 4.74 Å². The zero-order valence-corrected chi connectivity index (χ0v) is 10.9. The highest BCUT2D eigenvalue weighted by atomic mass is 16.6. The third-order valence-electron chi connectivity index (χ3n) is 3.18. The maximum absolute atomic E-state index is 10.7. The third-order valence-corrected chi connectivity index (χ3v) is 3.18. The molecule has 20 heavy (non-hydrogen) atoms. The summed E-state index contributed by atoms with van der Waals surface area (Å²) >= 11 is 0. The van der Waals surface area contributed by atoms with E-state index in [4.69, 9.17) is 14.6 Å². The molecule has 1 aliphatic rings. The summed E-state index contributed by atoms with van der Waals surface area (Å²) in [6.45, 7) is 1.96. The van der Waals surface area contributed by atoms with Gasteiger partial charge in [0.1, 0.15) is 12.4 Å². The van der Waals surface area contributed by atoms with Gasteiger partial charge in [0.2, 0.25) is 0 Å². The maximum atomic E-state index is 10.7. The van der Waals surface area contributed by atoms with Gasteiger partial charge in [-0.1, -0.05) is 0 Å². The normalized spacial score (nSPS) is 21.6. The molecule has 0 bridgehead atoms. The summed E-state index contributed by atoms with van der Waals surface area (Å²) < 4.78 is 10.9. The number of benzene rings is 1. The Hall–Kier alpha value is -2.15. The van der Waals surface area contributed by atoms with Crippen LogP contribution in [0.4, 0.5) is 5.69 Å². The van der Waals surface area contributed by atoms with Crippen LogP contribution in [0.15, 0.2) is 18.2 Å². The maximum Gasteiger partial charge on any atom is 0.332 e. The topological polar surface area (TPSA) is 98.9 Å². The Labute approximate surface area is 115 Å². The zero-order valence-electron chi connectivity index (χ0n) is 10.9. The summed E-state index contributed by atoms with van der Waals surface area (Å²) in [7, 11) is 0. The van der Waals surface area contributed by atoms with Gasteiger partial charge in [-0.25, -0.2) is 4.79 Å². The minimum atomic E-state index is -0.959. The monoisotopic (exact) mass is 281 g/mol. The summed E-state index contributed by atoms with van der Waals surface area (Å²) in [5, 5.41) is 19.4. The van der Waals surface area contributed by atoms with Crippen LogP contribution in [-0.4, -0.2) is 34.8 Å². The van der Waals surface area contributed by atoms with E-state index in [0.717, 1.165) is 0 Å². The van der Waals surface area contributed by atoms with Gasteiger partial charge in [-0.15, -0.1) is 0 Å². The highest BCUT2D eigenvalue weighted by molar-refractivity contribution is 5.72. The number of nitro benzene ring substituents is 1. The second-order valence-electron chi connectivity index (χ2n) is 4.68. The molecule has 0 spiro atoms. The van der Waals surface area contributed by atoms with Gasteiger partial charge in [0, 0.05) is 12.1 Å². The van der Waals surface area contributed by atoms with Crippen LogP contribution in [0.2, 0.25) is 0 Å². The van der Waals surface area contributed by atoms with Crippen molar-refractivity contribution in [1.82, 2.24) is 0 Å². The highest BCUT2D eigenvalue weighted by Crippen LogP contribution is 2.25. The summed E-state index contributed by atoms with van der Waals surface area (Å²) in [6.07, 6.45) is 0.0817. The molecule has 1 aromatic rings. The molecule has 2 rings (SSSR count). The number of ether oxygens (including phenoxy) is 2. The summed E-state index contributed by atoms with van der Waals surface area (Å²) in [5.41, 5.74) is 0.671. The van der Waals surface area contributed by atoms with E-state index in [1.165, 1.54) is 18.2 Å². The van der Waals surface area contributed by atoms with E-state index in [1.54, 1.807) is 6.92 Å². The molecule has 0 saturated carbocycles. The lowest BCUT2D eigenvalue weighted by molar-refractivity contribution is -0.384. The Morgan fingerprint density at radius 3 is 2.85 bits per heavy atom. The van der Waals surface area contributed by atoms with Gasteiger partial charge in [-0.3, -0.25) is 10.1 Å². The average Bonchev–Trinajstić information content (AvgIpc) is 2.86. The number of nitro groups is 1. The zero-order chi connectivity index (χ0) is 14.7.